The number of nitrogens with zero attached hydrogens (tertiary/aromatic N) is 1. The molecule has 0 spiro atoms. The first kappa shape index (κ1) is 23.6. The molecule has 1 aromatic rings. The van der Waals surface area contributed by atoms with Crippen LogP contribution >= 0.6 is 0 Å². The van der Waals surface area contributed by atoms with Gasteiger partial charge < -0.3 is 26.2 Å². The van der Waals surface area contributed by atoms with Gasteiger partial charge in [-0.3, -0.25) is 14.5 Å². The molecule has 186 valence electrons. The summed E-state index contributed by atoms with van der Waals surface area (Å²) in [5.41, 5.74) is 6.08. The SMILES string of the molecule is CCc1cc(CN2CC=CC2)c(O)c2c1CC1CC3CC(O)=C(C(N)=O)C(C)(O)C3C(O)=C1C2=O. The Morgan fingerprint density at radius 3 is 2.49 bits per heavy atom. The van der Waals surface area contributed by atoms with Gasteiger partial charge in [0.25, 0.3) is 5.91 Å². The number of hydrogen-bond acceptors (Lipinski definition) is 7. The minimum Gasteiger partial charge on any atom is -0.512 e. The van der Waals surface area contributed by atoms with Crippen molar-refractivity contribution < 1.29 is 30.0 Å². The molecule has 0 aromatic heterocycles. The summed E-state index contributed by atoms with van der Waals surface area (Å²) in [6, 6.07) is 1.99. The van der Waals surface area contributed by atoms with Crippen molar-refractivity contribution >= 4 is 11.7 Å². The number of primary amides is 1. The van der Waals surface area contributed by atoms with E-state index in [9.17, 15) is 30.0 Å². The summed E-state index contributed by atoms with van der Waals surface area (Å²) in [4.78, 5) is 28.0. The first-order valence-corrected chi connectivity index (χ1v) is 12.2. The largest absolute Gasteiger partial charge is 0.512 e. The van der Waals surface area contributed by atoms with E-state index in [0.29, 0.717) is 31.4 Å². The molecule has 6 N–H and O–H groups in total. The van der Waals surface area contributed by atoms with Crippen molar-refractivity contribution in [1.29, 1.82) is 0 Å². The van der Waals surface area contributed by atoms with Crippen LogP contribution in [0.25, 0.3) is 0 Å². The number of Topliss-reactive ketones (excluding diaryl/α,β-unsaturated/α-hetero) is 1. The van der Waals surface area contributed by atoms with E-state index in [2.05, 4.69) is 17.1 Å². The van der Waals surface area contributed by atoms with Gasteiger partial charge in [-0.05, 0) is 49.1 Å². The van der Waals surface area contributed by atoms with Crippen LogP contribution in [0.1, 0.15) is 53.7 Å². The van der Waals surface area contributed by atoms with E-state index in [-0.39, 0.29) is 52.2 Å². The Kier molecular flexibility index (Phi) is 5.56. The molecule has 0 saturated heterocycles. The minimum atomic E-state index is -1.93. The van der Waals surface area contributed by atoms with Gasteiger partial charge in [-0.15, -0.1) is 0 Å². The van der Waals surface area contributed by atoms with Crippen LogP contribution in [0, 0.1) is 17.8 Å². The van der Waals surface area contributed by atoms with Gasteiger partial charge in [-0.1, -0.05) is 25.1 Å². The van der Waals surface area contributed by atoms with Crippen LogP contribution in [0.4, 0.5) is 0 Å². The number of aryl methyl sites for hydroxylation is 1. The number of carbonyl (C=O) groups is 2. The number of fused-ring (bicyclic) bond motifs is 3. The monoisotopic (exact) mass is 480 g/mol. The lowest BCUT2D eigenvalue weighted by atomic mass is 9.58. The van der Waals surface area contributed by atoms with Gasteiger partial charge in [0.05, 0.1) is 17.1 Å². The molecule has 1 amide bonds. The number of ketones is 1. The van der Waals surface area contributed by atoms with Crippen LogP contribution in [0.2, 0.25) is 0 Å². The quantitative estimate of drug-likeness (QED) is 0.417. The molecule has 35 heavy (non-hydrogen) atoms. The van der Waals surface area contributed by atoms with Gasteiger partial charge >= 0.3 is 0 Å². The molecule has 4 atom stereocenters. The van der Waals surface area contributed by atoms with Gasteiger partial charge in [-0.2, -0.15) is 0 Å². The second kappa shape index (κ2) is 8.24. The fourth-order valence-corrected chi connectivity index (χ4v) is 6.84. The van der Waals surface area contributed by atoms with Crippen LogP contribution in [0.15, 0.2) is 40.9 Å². The average Bonchev–Trinajstić information content (AvgIpc) is 3.27. The lowest BCUT2D eigenvalue weighted by Gasteiger charge is -2.48. The van der Waals surface area contributed by atoms with Crippen molar-refractivity contribution in [2.24, 2.45) is 23.5 Å². The fourth-order valence-electron chi connectivity index (χ4n) is 6.84. The molecule has 1 aliphatic heterocycles. The van der Waals surface area contributed by atoms with Crippen molar-refractivity contribution in [2.75, 3.05) is 13.1 Å². The third-order valence-corrected chi connectivity index (χ3v) is 8.31. The molecule has 0 radical (unpaired) electrons. The third kappa shape index (κ3) is 3.50. The number of phenolic OH excluding ortho intramolecular Hbond substituents is 1. The van der Waals surface area contributed by atoms with Gasteiger partial charge in [0.1, 0.15) is 22.9 Å². The maximum absolute atomic E-state index is 13.9. The van der Waals surface area contributed by atoms with Crippen molar-refractivity contribution in [2.45, 2.75) is 51.7 Å². The predicted molar refractivity (Wildman–Crippen MR) is 129 cm³/mol. The predicted octanol–water partition coefficient (Wildman–Crippen LogP) is 2.58. The lowest BCUT2D eigenvalue weighted by Crippen LogP contribution is -2.52. The molecule has 4 unspecified atom stereocenters. The van der Waals surface area contributed by atoms with E-state index in [4.69, 9.17) is 5.73 Å². The Labute approximate surface area is 204 Å². The zero-order chi connectivity index (χ0) is 25.2. The number of aliphatic hydroxyl groups excluding tert-OH is 2. The Morgan fingerprint density at radius 1 is 1.17 bits per heavy atom. The topological polar surface area (TPSA) is 144 Å². The first-order valence-electron chi connectivity index (χ1n) is 12.2. The summed E-state index contributed by atoms with van der Waals surface area (Å²) in [7, 11) is 0. The second-order valence-corrected chi connectivity index (χ2v) is 10.5. The highest BCUT2D eigenvalue weighted by atomic mass is 16.3. The molecule has 0 saturated carbocycles. The molecule has 8 heteroatoms. The molecule has 3 aliphatic carbocycles. The summed E-state index contributed by atoms with van der Waals surface area (Å²) in [5.74, 6) is -3.62. The van der Waals surface area contributed by atoms with E-state index in [0.717, 1.165) is 24.2 Å². The number of phenols is 1. The van der Waals surface area contributed by atoms with E-state index < -0.39 is 23.2 Å². The molecule has 1 heterocycles. The standard InChI is InChI=1S/C27H32N2O6/c1-3-13-8-16(12-29-6-4-5-7-29)23(31)20-17(13)10-14-9-15-11-18(30)22(26(28)34)27(2,35)21(15)25(33)19(14)24(20)32/h4-5,8,14-15,21,30-31,33,35H,3,6-7,9-12H2,1-2H3,(H2,28,34). The Bertz CT molecular complexity index is 1220. The highest BCUT2D eigenvalue weighted by Crippen LogP contribution is 2.54. The number of allylic oxidation sites excluding steroid dienone is 2. The summed E-state index contributed by atoms with van der Waals surface area (Å²) in [6.07, 6.45) is 5.84. The zero-order valence-electron chi connectivity index (χ0n) is 20.0. The van der Waals surface area contributed by atoms with Gasteiger partial charge in [-0.25, -0.2) is 0 Å². The van der Waals surface area contributed by atoms with E-state index in [1.54, 1.807) is 0 Å². The van der Waals surface area contributed by atoms with Crippen LogP contribution in [-0.2, 0) is 24.2 Å². The maximum Gasteiger partial charge on any atom is 0.250 e. The lowest BCUT2D eigenvalue weighted by molar-refractivity contribution is -0.119. The smallest absolute Gasteiger partial charge is 0.250 e. The maximum atomic E-state index is 13.9. The molecule has 4 aliphatic rings. The third-order valence-electron chi connectivity index (χ3n) is 8.31. The molecular weight excluding hydrogens is 448 g/mol. The highest BCUT2D eigenvalue weighted by Gasteiger charge is 2.55. The normalized spacial score (nSPS) is 30.4. The van der Waals surface area contributed by atoms with E-state index in [1.165, 1.54) is 6.92 Å². The van der Waals surface area contributed by atoms with Crippen molar-refractivity contribution in [3.63, 3.8) is 0 Å². The van der Waals surface area contributed by atoms with Gasteiger partial charge in [0.15, 0.2) is 5.78 Å². The average molecular weight is 481 g/mol. The molecular formula is C27H32N2O6. The van der Waals surface area contributed by atoms with E-state index in [1.807, 2.05) is 13.0 Å². The minimum absolute atomic E-state index is 0.0549. The molecule has 0 bridgehead atoms. The number of aromatic hydroxyl groups is 1. The van der Waals surface area contributed by atoms with Crippen LogP contribution in [-0.4, -0.2) is 55.7 Å². The van der Waals surface area contributed by atoms with Crippen LogP contribution < -0.4 is 5.73 Å². The molecule has 8 nitrogen and oxygen atoms in total. The van der Waals surface area contributed by atoms with Gasteiger partial charge in [0, 0.05) is 37.2 Å². The number of amides is 1. The van der Waals surface area contributed by atoms with Crippen LogP contribution in [0.5, 0.6) is 5.75 Å². The number of carbonyl (C=O) groups excluding carboxylic acids is 2. The molecule has 1 aromatic carbocycles. The zero-order valence-corrected chi connectivity index (χ0v) is 20.0. The van der Waals surface area contributed by atoms with E-state index >= 15 is 0 Å². The summed E-state index contributed by atoms with van der Waals surface area (Å²) < 4.78 is 0. The number of nitrogens with two attached hydrogens (primary N) is 1. The second-order valence-electron chi connectivity index (χ2n) is 10.5. The van der Waals surface area contributed by atoms with Crippen molar-refractivity contribution in [1.82, 2.24) is 4.90 Å². The summed E-state index contributed by atoms with van der Waals surface area (Å²) in [6.45, 7) is 5.42. The summed E-state index contributed by atoms with van der Waals surface area (Å²) >= 11 is 0. The number of benzene rings is 1. The fraction of sp³-hybridized carbons (Fsp3) is 0.481. The summed E-state index contributed by atoms with van der Waals surface area (Å²) in [5, 5.41) is 44.4. The Hall–Kier alpha value is -3.10. The van der Waals surface area contributed by atoms with Crippen LogP contribution in [0.3, 0.4) is 0 Å². The van der Waals surface area contributed by atoms with Crippen molar-refractivity contribution in [3.05, 3.63) is 63.1 Å². The number of hydrogen-bond donors (Lipinski definition) is 5. The number of rotatable bonds is 4. The Morgan fingerprint density at radius 2 is 1.86 bits per heavy atom. The molecule has 0 fully saturated rings. The van der Waals surface area contributed by atoms with Gasteiger partial charge in [0.2, 0.25) is 0 Å². The Balaban J connectivity index is 1.62. The first-order chi connectivity index (χ1) is 16.6. The molecule has 5 rings (SSSR count). The number of aliphatic hydroxyl groups is 3. The van der Waals surface area contributed by atoms with Crippen molar-refractivity contribution in [3.8, 4) is 5.75 Å². The highest BCUT2D eigenvalue weighted by molar-refractivity contribution is 6.13.